The average Bonchev–Trinajstić information content (AvgIpc) is 2.80. The Kier molecular flexibility index (Phi) is 5.48. The summed E-state index contributed by atoms with van der Waals surface area (Å²) >= 11 is 0. The molecule has 0 bridgehead atoms. The number of H-pyrrole nitrogens is 1. The molecule has 0 aliphatic carbocycles. The highest BCUT2D eigenvalue weighted by Crippen LogP contribution is 2.37. The second-order valence-electron chi connectivity index (χ2n) is 7.61. The number of aromatic amines is 1. The highest BCUT2D eigenvalue weighted by Gasteiger charge is 2.40. The van der Waals surface area contributed by atoms with Crippen LogP contribution >= 0.6 is 0 Å². The first-order chi connectivity index (χ1) is 11.0. The molecule has 0 amide bonds. The van der Waals surface area contributed by atoms with Crippen molar-refractivity contribution >= 4 is 14.1 Å². The van der Waals surface area contributed by atoms with Crippen molar-refractivity contribution in [2.75, 3.05) is 11.9 Å². The number of aliphatic hydroxyl groups excluding tert-OH is 1. The minimum absolute atomic E-state index is 0.0848. The third-order valence-corrected chi connectivity index (χ3v) is 9.18. The molecule has 7 nitrogen and oxygen atoms in total. The minimum atomic E-state index is -1.90. The van der Waals surface area contributed by atoms with Crippen LogP contribution < -0.4 is 11.0 Å². The number of rotatable bonds is 5. The van der Waals surface area contributed by atoms with E-state index in [1.807, 2.05) is 0 Å². The van der Waals surface area contributed by atoms with Crippen molar-refractivity contribution in [3.63, 3.8) is 0 Å². The van der Waals surface area contributed by atoms with E-state index < -0.39 is 32.2 Å². The molecule has 0 aromatic carbocycles. The Morgan fingerprint density at radius 1 is 1.54 bits per heavy atom. The Balaban J connectivity index is 1.95. The number of hydrogen-bond acceptors (Lipinski definition) is 6. The molecule has 3 N–H and O–H groups in total. The molecule has 0 unspecified atom stereocenters. The minimum Gasteiger partial charge on any atom is -0.414 e. The summed E-state index contributed by atoms with van der Waals surface area (Å²) in [5.74, 6) is -0.864. The van der Waals surface area contributed by atoms with Gasteiger partial charge in [0.05, 0.1) is 18.9 Å². The molecule has 1 saturated heterocycles. The predicted molar refractivity (Wildman–Crippen MR) is 90.9 cm³/mol. The van der Waals surface area contributed by atoms with Gasteiger partial charge in [0.1, 0.15) is 11.9 Å². The highest BCUT2D eigenvalue weighted by atomic mass is 28.4. The largest absolute Gasteiger partial charge is 0.414 e. The lowest BCUT2D eigenvalue weighted by atomic mass is 10.2. The number of aliphatic hydroxyl groups is 1. The quantitative estimate of drug-likeness (QED) is 0.694. The number of ether oxygens (including phenoxy) is 1. The van der Waals surface area contributed by atoms with Gasteiger partial charge >= 0.3 is 5.69 Å². The normalized spacial score (nSPS) is 25.0. The van der Waals surface area contributed by atoms with Crippen LogP contribution in [-0.2, 0) is 9.16 Å². The van der Waals surface area contributed by atoms with Crippen LogP contribution in [0.4, 0.5) is 10.2 Å². The van der Waals surface area contributed by atoms with Crippen LogP contribution in [0.5, 0.6) is 0 Å². The lowest BCUT2D eigenvalue weighted by Gasteiger charge is -2.36. The number of nitrogens with zero attached hydrogens (tertiary/aromatic N) is 1. The molecule has 1 aliphatic heterocycles. The van der Waals surface area contributed by atoms with Gasteiger partial charge in [-0.25, -0.2) is 9.18 Å². The van der Waals surface area contributed by atoms with Crippen LogP contribution in [0.2, 0.25) is 18.1 Å². The van der Waals surface area contributed by atoms with Crippen molar-refractivity contribution < 1.29 is 18.7 Å². The highest BCUT2D eigenvalue weighted by molar-refractivity contribution is 6.74. The fraction of sp³-hybridized carbons (Fsp3) is 0.733. The molecular weight excluding hydrogens is 333 g/mol. The molecule has 2 heterocycles. The predicted octanol–water partition coefficient (Wildman–Crippen LogP) is 1.82. The second-order valence-corrected chi connectivity index (χ2v) is 12.4. The molecule has 1 aromatic rings. The third kappa shape index (κ3) is 4.41. The summed E-state index contributed by atoms with van der Waals surface area (Å²) in [4.78, 5) is 16.7. The maximum absolute atomic E-state index is 13.6. The Morgan fingerprint density at radius 3 is 2.83 bits per heavy atom. The SMILES string of the molecule is CC(C)(C)[Si](C)(C)OC[C@H]1C[C@@H](O)[C@@H](Nc2[nH]c(=O)ncc2F)O1. The van der Waals surface area contributed by atoms with E-state index >= 15 is 0 Å². The summed E-state index contributed by atoms with van der Waals surface area (Å²) in [6.07, 6.45) is -0.730. The van der Waals surface area contributed by atoms with Crippen LogP contribution in [0.3, 0.4) is 0 Å². The molecule has 136 valence electrons. The van der Waals surface area contributed by atoms with Gasteiger partial charge in [0, 0.05) is 6.42 Å². The van der Waals surface area contributed by atoms with Crippen molar-refractivity contribution in [3.05, 3.63) is 22.5 Å². The topological polar surface area (TPSA) is 96.5 Å². The number of aromatic nitrogens is 2. The molecule has 0 radical (unpaired) electrons. The first-order valence-electron chi connectivity index (χ1n) is 7.98. The lowest BCUT2D eigenvalue weighted by molar-refractivity contribution is 0.00727. The smallest absolute Gasteiger partial charge is 0.346 e. The van der Waals surface area contributed by atoms with Crippen LogP contribution in [0, 0.1) is 5.82 Å². The number of anilines is 1. The standard InChI is InChI=1S/C15H26FN3O4Si/c1-15(2,3)24(4,5)22-8-9-6-11(20)13(23-9)18-12-10(16)7-17-14(21)19-12/h7,9,11,13,20H,6,8H2,1-5H3,(H2,17,18,19,21)/t9-,11-,13+/m1/s1. The van der Waals surface area contributed by atoms with Gasteiger partial charge in [-0.1, -0.05) is 20.8 Å². The molecular formula is C15H26FN3O4Si. The fourth-order valence-corrected chi connectivity index (χ4v) is 3.16. The summed E-state index contributed by atoms with van der Waals surface area (Å²) in [5, 5.41) is 12.9. The first kappa shape index (κ1) is 19.0. The summed E-state index contributed by atoms with van der Waals surface area (Å²) in [6, 6.07) is 0. The van der Waals surface area contributed by atoms with Crippen molar-refractivity contribution in [1.82, 2.24) is 9.97 Å². The van der Waals surface area contributed by atoms with Gasteiger partial charge in [0.2, 0.25) is 0 Å². The fourth-order valence-electron chi connectivity index (χ4n) is 2.13. The van der Waals surface area contributed by atoms with Crippen LogP contribution in [0.15, 0.2) is 11.0 Å². The van der Waals surface area contributed by atoms with Crippen molar-refractivity contribution in [2.45, 2.75) is 63.8 Å². The third-order valence-electron chi connectivity index (χ3n) is 4.68. The molecule has 1 aliphatic rings. The van der Waals surface area contributed by atoms with E-state index in [4.69, 9.17) is 9.16 Å². The summed E-state index contributed by atoms with van der Waals surface area (Å²) in [6.45, 7) is 11.1. The van der Waals surface area contributed by atoms with Crippen LogP contribution in [0.1, 0.15) is 27.2 Å². The van der Waals surface area contributed by atoms with E-state index in [9.17, 15) is 14.3 Å². The van der Waals surface area contributed by atoms with E-state index in [2.05, 4.69) is 49.1 Å². The maximum atomic E-state index is 13.6. The Morgan fingerprint density at radius 2 is 2.21 bits per heavy atom. The monoisotopic (exact) mass is 359 g/mol. The maximum Gasteiger partial charge on any atom is 0.346 e. The molecule has 0 saturated carbocycles. The Bertz CT molecular complexity index is 632. The molecule has 24 heavy (non-hydrogen) atoms. The van der Waals surface area contributed by atoms with Gasteiger partial charge in [-0.2, -0.15) is 4.98 Å². The van der Waals surface area contributed by atoms with Gasteiger partial charge in [-0.3, -0.25) is 4.98 Å². The van der Waals surface area contributed by atoms with Gasteiger partial charge in [-0.05, 0) is 18.1 Å². The molecule has 1 fully saturated rings. The number of halogens is 1. The molecule has 9 heteroatoms. The van der Waals surface area contributed by atoms with Crippen molar-refractivity contribution in [2.24, 2.45) is 0 Å². The second kappa shape index (κ2) is 6.91. The lowest BCUT2D eigenvalue weighted by Crippen LogP contribution is -2.42. The van der Waals surface area contributed by atoms with Gasteiger partial charge in [0.15, 0.2) is 20.4 Å². The van der Waals surface area contributed by atoms with Gasteiger partial charge in [-0.15, -0.1) is 0 Å². The summed E-state index contributed by atoms with van der Waals surface area (Å²) < 4.78 is 25.4. The first-order valence-corrected chi connectivity index (χ1v) is 10.9. The summed E-state index contributed by atoms with van der Waals surface area (Å²) in [7, 11) is -1.90. The number of hydrogen-bond donors (Lipinski definition) is 3. The van der Waals surface area contributed by atoms with Gasteiger partial charge < -0.3 is 19.6 Å². The van der Waals surface area contributed by atoms with E-state index in [-0.39, 0.29) is 17.0 Å². The van der Waals surface area contributed by atoms with E-state index in [1.165, 1.54) is 0 Å². The van der Waals surface area contributed by atoms with Crippen molar-refractivity contribution in [3.8, 4) is 0 Å². The Labute approximate surface area is 141 Å². The zero-order valence-corrected chi connectivity index (χ0v) is 15.7. The number of nitrogens with one attached hydrogen (secondary N) is 2. The average molecular weight is 359 g/mol. The van der Waals surface area contributed by atoms with Crippen LogP contribution in [0.25, 0.3) is 0 Å². The molecule has 2 rings (SSSR count). The van der Waals surface area contributed by atoms with E-state index in [1.54, 1.807) is 0 Å². The van der Waals surface area contributed by atoms with E-state index in [0.717, 1.165) is 6.20 Å². The zero-order chi connectivity index (χ0) is 18.1. The van der Waals surface area contributed by atoms with Crippen LogP contribution in [-0.4, -0.2) is 48.4 Å². The zero-order valence-electron chi connectivity index (χ0n) is 14.7. The Hall–Kier alpha value is -1.29. The van der Waals surface area contributed by atoms with E-state index in [0.29, 0.717) is 13.0 Å². The molecule has 0 spiro atoms. The van der Waals surface area contributed by atoms with Gasteiger partial charge in [0.25, 0.3) is 0 Å². The molecule has 1 aromatic heterocycles. The summed E-state index contributed by atoms with van der Waals surface area (Å²) in [5.41, 5.74) is -0.677. The van der Waals surface area contributed by atoms with Crippen molar-refractivity contribution in [1.29, 1.82) is 0 Å². The molecule has 3 atom stereocenters.